The summed E-state index contributed by atoms with van der Waals surface area (Å²) >= 11 is 0. The first kappa shape index (κ1) is 20.2. The molecule has 0 heterocycles. The van der Waals surface area contributed by atoms with Crippen LogP contribution in [-0.4, -0.2) is 0 Å². The van der Waals surface area contributed by atoms with Gasteiger partial charge in [-0.1, -0.05) is 78.9 Å². The number of rotatable bonds is 13. The second kappa shape index (κ2) is 16.1. The van der Waals surface area contributed by atoms with Crippen LogP contribution in [0.2, 0.25) is 0 Å². The molecule has 0 aromatic heterocycles. The summed E-state index contributed by atoms with van der Waals surface area (Å²) < 4.78 is 0. The highest BCUT2D eigenvalue weighted by Crippen LogP contribution is 2.05. The molecule has 24 heavy (non-hydrogen) atoms. The van der Waals surface area contributed by atoms with Crippen molar-refractivity contribution in [3.8, 4) is 0 Å². The molecule has 0 saturated carbocycles. The lowest BCUT2D eigenvalue weighted by Gasteiger charge is -1.97. The maximum absolute atomic E-state index is 3.68. The molecule has 0 N–H and O–H groups in total. The average molecular weight is 322 g/mol. The summed E-state index contributed by atoms with van der Waals surface area (Å²) in [7, 11) is 0. The summed E-state index contributed by atoms with van der Waals surface area (Å²) in [4.78, 5) is 0. The van der Waals surface area contributed by atoms with Crippen LogP contribution in [0.5, 0.6) is 0 Å². The maximum atomic E-state index is 3.68. The second-order valence-electron chi connectivity index (χ2n) is 6.00. The summed E-state index contributed by atoms with van der Waals surface area (Å²) in [6.45, 7) is 3.68. The van der Waals surface area contributed by atoms with Crippen molar-refractivity contribution in [3.63, 3.8) is 0 Å². The van der Waals surface area contributed by atoms with Crippen molar-refractivity contribution in [1.29, 1.82) is 0 Å². The molecule has 0 bridgehead atoms. The van der Waals surface area contributed by atoms with Crippen molar-refractivity contribution in [2.75, 3.05) is 0 Å². The molecular weight excluding hydrogens is 288 g/mol. The highest BCUT2D eigenvalue weighted by molar-refractivity contribution is 5.14. The second-order valence-corrected chi connectivity index (χ2v) is 6.00. The monoisotopic (exact) mass is 321 g/mol. The Bertz CT molecular complexity index is 488. The number of aryl methyl sites for hydroxylation is 1. The van der Waals surface area contributed by atoms with Crippen molar-refractivity contribution >= 4 is 0 Å². The molecule has 0 amide bonds. The highest BCUT2D eigenvalue weighted by atomic mass is 13.9. The summed E-state index contributed by atoms with van der Waals surface area (Å²) in [5.74, 6) is 0. The Hall–Kier alpha value is -1.82. The molecule has 1 rings (SSSR count). The Balaban J connectivity index is 1.90. The van der Waals surface area contributed by atoms with Gasteiger partial charge in [-0.25, -0.2) is 0 Å². The van der Waals surface area contributed by atoms with Crippen LogP contribution in [0.15, 0.2) is 78.9 Å². The number of allylic oxidation sites excluding steroid dienone is 8. The standard InChI is InChI=1S/C24H33/c1-2-3-4-5-6-7-8-9-10-11-12-13-14-15-16-18-21-24-22-19-17-20-23-24/h2-3,6-7,10-11,14-15,17,19-20,22-23H,1,4-5,8-9,12-13,16,18,21H2. The van der Waals surface area contributed by atoms with E-state index in [0.717, 1.165) is 38.5 Å². The Kier molecular flexibility index (Phi) is 13.5. The van der Waals surface area contributed by atoms with Gasteiger partial charge in [-0.3, -0.25) is 0 Å². The molecule has 0 fully saturated rings. The summed E-state index contributed by atoms with van der Waals surface area (Å²) in [6.07, 6.45) is 28.3. The van der Waals surface area contributed by atoms with Gasteiger partial charge in [-0.15, -0.1) is 0 Å². The zero-order valence-electron chi connectivity index (χ0n) is 15.1. The molecule has 0 nitrogen and oxygen atoms in total. The predicted molar refractivity (Wildman–Crippen MR) is 109 cm³/mol. The van der Waals surface area contributed by atoms with Crippen LogP contribution >= 0.6 is 0 Å². The Morgan fingerprint density at radius 1 is 0.583 bits per heavy atom. The molecule has 1 aromatic rings. The van der Waals surface area contributed by atoms with E-state index in [0.29, 0.717) is 0 Å². The molecule has 0 aliphatic rings. The van der Waals surface area contributed by atoms with E-state index in [1.54, 1.807) is 0 Å². The molecular formula is C24H33. The van der Waals surface area contributed by atoms with E-state index in [9.17, 15) is 0 Å². The first-order valence-corrected chi connectivity index (χ1v) is 9.36. The summed E-state index contributed by atoms with van der Waals surface area (Å²) in [5.41, 5.74) is 1.45. The van der Waals surface area contributed by atoms with Gasteiger partial charge in [-0.05, 0) is 70.3 Å². The van der Waals surface area contributed by atoms with E-state index in [1.807, 2.05) is 6.08 Å². The Labute approximate surface area is 149 Å². The van der Waals surface area contributed by atoms with E-state index in [2.05, 4.69) is 79.8 Å². The van der Waals surface area contributed by atoms with Gasteiger partial charge in [0.2, 0.25) is 0 Å². The third kappa shape index (κ3) is 12.7. The SMILES string of the molecule is [CH2]C=CCCC=CCCC=CCCC=CCCCc1ccccc1. The minimum absolute atomic E-state index is 1.10. The molecule has 0 aliphatic heterocycles. The molecule has 0 saturated heterocycles. The fourth-order valence-corrected chi connectivity index (χ4v) is 2.47. The highest BCUT2D eigenvalue weighted by Gasteiger charge is 1.89. The Morgan fingerprint density at radius 2 is 1.04 bits per heavy atom. The first-order chi connectivity index (χ1) is 11.9. The molecule has 1 radical (unpaired) electrons. The van der Waals surface area contributed by atoms with Gasteiger partial charge in [-0.2, -0.15) is 0 Å². The van der Waals surface area contributed by atoms with Crippen molar-refractivity contribution in [3.05, 3.63) is 91.4 Å². The van der Waals surface area contributed by atoms with Gasteiger partial charge in [0.05, 0.1) is 0 Å². The number of benzene rings is 1. The van der Waals surface area contributed by atoms with Gasteiger partial charge < -0.3 is 0 Å². The van der Waals surface area contributed by atoms with Gasteiger partial charge >= 0.3 is 0 Å². The van der Waals surface area contributed by atoms with Crippen molar-refractivity contribution in [2.45, 2.75) is 57.8 Å². The lowest BCUT2D eigenvalue weighted by molar-refractivity contribution is 0.838. The van der Waals surface area contributed by atoms with Crippen LogP contribution in [0.4, 0.5) is 0 Å². The molecule has 0 unspecified atom stereocenters. The smallest absolute Gasteiger partial charge is 0.0276 e. The summed E-state index contributed by atoms with van der Waals surface area (Å²) in [5, 5.41) is 0. The Morgan fingerprint density at radius 3 is 1.54 bits per heavy atom. The van der Waals surface area contributed by atoms with Crippen LogP contribution < -0.4 is 0 Å². The third-order valence-corrected chi connectivity index (χ3v) is 3.85. The van der Waals surface area contributed by atoms with Crippen LogP contribution in [0.25, 0.3) is 0 Å². The predicted octanol–water partition coefficient (Wildman–Crippen LogP) is 7.41. The first-order valence-electron chi connectivity index (χ1n) is 9.36. The minimum Gasteiger partial charge on any atom is -0.0885 e. The molecule has 129 valence electrons. The normalized spacial score (nSPS) is 12.4. The van der Waals surface area contributed by atoms with E-state index >= 15 is 0 Å². The van der Waals surface area contributed by atoms with E-state index in [4.69, 9.17) is 0 Å². The van der Waals surface area contributed by atoms with Gasteiger partial charge in [0.15, 0.2) is 0 Å². The molecule has 0 atom stereocenters. The van der Waals surface area contributed by atoms with E-state index in [1.165, 1.54) is 24.8 Å². The van der Waals surface area contributed by atoms with Crippen molar-refractivity contribution in [1.82, 2.24) is 0 Å². The van der Waals surface area contributed by atoms with Crippen LogP contribution in [0, 0.1) is 6.92 Å². The van der Waals surface area contributed by atoms with Crippen LogP contribution in [0.3, 0.4) is 0 Å². The largest absolute Gasteiger partial charge is 0.0885 e. The third-order valence-electron chi connectivity index (χ3n) is 3.85. The zero-order chi connectivity index (χ0) is 17.1. The van der Waals surface area contributed by atoms with Crippen molar-refractivity contribution in [2.24, 2.45) is 0 Å². The lowest BCUT2D eigenvalue weighted by atomic mass is 10.1. The number of hydrogen-bond donors (Lipinski definition) is 0. The number of hydrogen-bond acceptors (Lipinski definition) is 0. The fraction of sp³-hybridized carbons (Fsp3) is 0.375. The van der Waals surface area contributed by atoms with Crippen molar-refractivity contribution < 1.29 is 0 Å². The molecule has 1 aromatic carbocycles. The molecule has 0 aliphatic carbocycles. The number of unbranched alkanes of at least 4 members (excludes halogenated alkanes) is 4. The zero-order valence-corrected chi connectivity index (χ0v) is 15.1. The minimum atomic E-state index is 1.10. The molecule has 0 heteroatoms. The van der Waals surface area contributed by atoms with Crippen LogP contribution in [-0.2, 0) is 6.42 Å². The van der Waals surface area contributed by atoms with Crippen LogP contribution in [0.1, 0.15) is 56.9 Å². The summed E-state index contributed by atoms with van der Waals surface area (Å²) in [6, 6.07) is 10.7. The molecule has 0 spiro atoms. The van der Waals surface area contributed by atoms with E-state index < -0.39 is 0 Å². The average Bonchev–Trinajstić information content (AvgIpc) is 2.62. The quantitative estimate of drug-likeness (QED) is 0.262. The topological polar surface area (TPSA) is 0 Å². The lowest BCUT2D eigenvalue weighted by Crippen LogP contribution is -1.82. The fourth-order valence-electron chi connectivity index (χ4n) is 2.47. The van der Waals surface area contributed by atoms with Gasteiger partial charge in [0.1, 0.15) is 0 Å². The van der Waals surface area contributed by atoms with Gasteiger partial charge in [0.25, 0.3) is 0 Å². The van der Waals surface area contributed by atoms with E-state index in [-0.39, 0.29) is 0 Å². The maximum Gasteiger partial charge on any atom is -0.0276 e. The van der Waals surface area contributed by atoms with Gasteiger partial charge in [0, 0.05) is 0 Å².